The number of anilines is 2. The normalized spacial score (nSPS) is 10.3. The molecule has 23 heavy (non-hydrogen) atoms. The van der Waals surface area contributed by atoms with Gasteiger partial charge in [-0.3, -0.25) is 4.79 Å². The van der Waals surface area contributed by atoms with Crippen molar-refractivity contribution < 1.29 is 4.79 Å². The Kier molecular flexibility index (Phi) is 7.11. The molecule has 1 aromatic heterocycles. The molecule has 1 amide bonds. The highest BCUT2D eigenvalue weighted by Gasteiger charge is 2.04. The molecule has 0 atom stereocenters. The van der Waals surface area contributed by atoms with Gasteiger partial charge in [-0.15, -0.1) is 0 Å². The molecule has 2 aromatic rings. The SMILES string of the molecule is CCCCCNc1ccc(NC(=O)CCc2ccccc2)nc1. The van der Waals surface area contributed by atoms with Gasteiger partial charge in [0, 0.05) is 13.0 Å². The molecule has 0 spiro atoms. The van der Waals surface area contributed by atoms with Crippen LogP contribution < -0.4 is 10.6 Å². The number of unbranched alkanes of at least 4 members (excludes halogenated alkanes) is 2. The van der Waals surface area contributed by atoms with Crippen LogP contribution in [0.15, 0.2) is 48.7 Å². The number of carbonyl (C=O) groups excluding carboxylic acids is 1. The zero-order valence-corrected chi connectivity index (χ0v) is 13.7. The molecule has 1 aromatic carbocycles. The van der Waals surface area contributed by atoms with Crippen LogP contribution in [0.25, 0.3) is 0 Å². The Morgan fingerprint density at radius 2 is 1.91 bits per heavy atom. The molecule has 0 aliphatic rings. The fourth-order valence-corrected chi connectivity index (χ4v) is 2.29. The number of nitrogens with zero attached hydrogens (tertiary/aromatic N) is 1. The predicted octanol–water partition coefficient (Wildman–Crippen LogP) is 4.26. The lowest BCUT2D eigenvalue weighted by Gasteiger charge is -2.08. The molecular weight excluding hydrogens is 286 g/mol. The van der Waals surface area contributed by atoms with Crippen LogP contribution in [0.3, 0.4) is 0 Å². The van der Waals surface area contributed by atoms with Gasteiger partial charge in [0.2, 0.25) is 5.91 Å². The van der Waals surface area contributed by atoms with E-state index in [9.17, 15) is 4.79 Å². The summed E-state index contributed by atoms with van der Waals surface area (Å²) in [5.74, 6) is 0.590. The molecule has 0 saturated heterocycles. The Balaban J connectivity index is 1.73. The topological polar surface area (TPSA) is 54.0 Å². The van der Waals surface area contributed by atoms with E-state index in [1.165, 1.54) is 18.4 Å². The first-order chi connectivity index (χ1) is 11.3. The Morgan fingerprint density at radius 3 is 2.61 bits per heavy atom. The minimum atomic E-state index is -0.00925. The number of carbonyl (C=O) groups is 1. The van der Waals surface area contributed by atoms with E-state index in [0.29, 0.717) is 12.2 Å². The average Bonchev–Trinajstić information content (AvgIpc) is 2.59. The van der Waals surface area contributed by atoms with E-state index >= 15 is 0 Å². The molecule has 0 aliphatic carbocycles. The highest BCUT2D eigenvalue weighted by atomic mass is 16.1. The summed E-state index contributed by atoms with van der Waals surface area (Å²) in [6, 6.07) is 13.8. The van der Waals surface area contributed by atoms with Crippen molar-refractivity contribution in [2.75, 3.05) is 17.2 Å². The van der Waals surface area contributed by atoms with E-state index in [-0.39, 0.29) is 5.91 Å². The van der Waals surface area contributed by atoms with Crippen molar-refractivity contribution in [2.24, 2.45) is 0 Å². The molecule has 2 rings (SSSR count). The fourth-order valence-electron chi connectivity index (χ4n) is 2.29. The van der Waals surface area contributed by atoms with Gasteiger partial charge in [0.1, 0.15) is 5.82 Å². The maximum Gasteiger partial charge on any atom is 0.225 e. The van der Waals surface area contributed by atoms with Crippen molar-refractivity contribution in [3.63, 3.8) is 0 Å². The van der Waals surface area contributed by atoms with Gasteiger partial charge in [-0.05, 0) is 30.5 Å². The number of aromatic nitrogens is 1. The van der Waals surface area contributed by atoms with Crippen molar-refractivity contribution in [1.29, 1.82) is 0 Å². The first kappa shape index (κ1) is 17.0. The summed E-state index contributed by atoms with van der Waals surface area (Å²) in [5, 5.41) is 6.17. The highest BCUT2D eigenvalue weighted by molar-refractivity contribution is 5.89. The number of hydrogen-bond donors (Lipinski definition) is 2. The van der Waals surface area contributed by atoms with Gasteiger partial charge in [0.25, 0.3) is 0 Å². The Bertz CT molecular complexity index is 581. The predicted molar refractivity (Wildman–Crippen MR) is 95.6 cm³/mol. The standard InChI is InChI=1S/C19H25N3O/c1-2-3-7-14-20-17-11-12-18(21-15-17)22-19(23)13-10-16-8-5-4-6-9-16/h4-6,8-9,11-12,15,20H,2-3,7,10,13-14H2,1H3,(H,21,22,23). The second-order valence-electron chi connectivity index (χ2n) is 5.60. The van der Waals surface area contributed by atoms with Crippen LogP contribution in [-0.2, 0) is 11.2 Å². The van der Waals surface area contributed by atoms with Gasteiger partial charge in [0.05, 0.1) is 11.9 Å². The van der Waals surface area contributed by atoms with E-state index in [1.54, 1.807) is 6.20 Å². The van der Waals surface area contributed by atoms with Crippen LogP contribution in [0.5, 0.6) is 0 Å². The minimum Gasteiger partial charge on any atom is -0.384 e. The Morgan fingerprint density at radius 1 is 1.09 bits per heavy atom. The molecule has 122 valence electrons. The molecule has 0 bridgehead atoms. The van der Waals surface area contributed by atoms with Crippen LogP contribution >= 0.6 is 0 Å². The average molecular weight is 311 g/mol. The van der Waals surface area contributed by atoms with Gasteiger partial charge < -0.3 is 10.6 Å². The van der Waals surface area contributed by atoms with Crippen LogP contribution in [0.1, 0.15) is 38.2 Å². The summed E-state index contributed by atoms with van der Waals surface area (Å²) < 4.78 is 0. The van der Waals surface area contributed by atoms with Gasteiger partial charge in [-0.25, -0.2) is 4.98 Å². The van der Waals surface area contributed by atoms with Gasteiger partial charge in [0.15, 0.2) is 0 Å². The third-order valence-corrected chi connectivity index (χ3v) is 3.62. The van der Waals surface area contributed by atoms with E-state index < -0.39 is 0 Å². The van der Waals surface area contributed by atoms with E-state index in [0.717, 1.165) is 25.1 Å². The third-order valence-electron chi connectivity index (χ3n) is 3.62. The molecule has 2 N–H and O–H groups in total. The largest absolute Gasteiger partial charge is 0.384 e. The second-order valence-corrected chi connectivity index (χ2v) is 5.60. The first-order valence-electron chi connectivity index (χ1n) is 8.31. The molecule has 0 aliphatic heterocycles. The smallest absolute Gasteiger partial charge is 0.225 e. The van der Waals surface area contributed by atoms with Gasteiger partial charge in [-0.2, -0.15) is 0 Å². The summed E-state index contributed by atoms with van der Waals surface area (Å²) >= 11 is 0. The van der Waals surface area contributed by atoms with Crippen molar-refractivity contribution in [3.8, 4) is 0 Å². The molecule has 0 unspecified atom stereocenters. The minimum absolute atomic E-state index is 0.00925. The lowest BCUT2D eigenvalue weighted by Crippen LogP contribution is -2.13. The summed E-state index contributed by atoms with van der Waals surface area (Å²) in [6.07, 6.45) is 6.57. The molecule has 0 radical (unpaired) electrons. The highest BCUT2D eigenvalue weighted by Crippen LogP contribution is 2.11. The fraction of sp³-hybridized carbons (Fsp3) is 0.368. The molecule has 0 fully saturated rings. The van der Waals surface area contributed by atoms with Crippen LogP contribution in [-0.4, -0.2) is 17.4 Å². The van der Waals surface area contributed by atoms with E-state index in [4.69, 9.17) is 0 Å². The number of hydrogen-bond acceptors (Lipinski definition) is 3. The number of pyridine rings is 1. The van der Waals surface area contributed by atoms with Crippen molar-refractivity contribution in [1.82, 2.24) is 4.98 Å². The number of aryl methyl sites for hydroxylation is 1. The molecule has 1 heterocycles. The van der Waals surface area contributed by atoms with Crippen molar-refractivity contribution in [2.45, 2.75) is 39.0 Å². The lowest BCUT2D eigenvalue weighted by molar-refractivity contribution is -0.116. The quantitative estimate of drug-likeness (QED) is 0.681. The third kappa shape index (κ3) is 6.51. The zero-order valence-electron chi connectivity index (χ0n) is 13.7. The van der Waals surface area contributed by atoms with E-state index in [1.807, 2.05) is 42.5 Å². The van der Waals surface area contributed by atoms with Gasteiger partial charge >= 0.3 is 0 Å². The zero-order chi connectivity index (χ0) is 16.3. The number of amides is 1. The monoisotopic (exact) mass is 311 g/mol. The van der Waals surface area contributed by atoms with E-state index in [2.05, 4.69) is 22.5 Å². The summed E-state index contributed by atoms with van der Waals surface area (Å²) in [7, 11) is 0. The van der Waals surface area contributed by atoms with Gasteiger partial charge in [-0.1, -0.05) is 50.1 Å². The second kappa shape index (κ2) is 9.62. The van der Waals surface area contributed by atoms with Crippen molar-refractivity contribution in [3.05, 3.63) is 54.2 Å². The number of benzene rings is 1. The molecular formula is C19H25N3O. The maximum absolute atomic E-state index is 11.9. The summed E-state index contributed by atoms with van der Waals surface area (Å²) in [4.78, 5) is 16.2. The molecule has 4 heteroatoms. The van der Waals surface area contributed by atoms with Crippen LogP contribution in [0, 0.1) is 0 Å². The van der Waals surface area contributed by atoms with Crippen LogP contribution in [0.4, 0.5) is 11.5 Å². The summed E-state index contributed by atoms with van der Waals surface area (Å²) in [6.45, 7) is 3.15. The Labute approximate surface area is 138 Å². The summed E-state index contributed by atoms with van der Waals surface area (Å²) in [5.41, 5.74) is 2.16. The first-order valence-corrected chi connectivity index (χ1v) is 8.31. The Hall–Kier alpha value is -2.36. The van der Waals surface area contributed by atoms with Crippen LogP contribution in [0.2, 0.25) is 0 Å². The maximum atomic E-state index is 11.9. The molecule has 0 saturated carbocycles. The number of rotatable bonds is 9. The lowest BCUT2D eigenvalue weighted by atomic mass is 10.1. The molecule has 4 nitrogen and oxygen atoms in total. The number of nitrogens with one attached hydrogen (secondary N) is 2. The van der Waals surface area contributed by atoms with Crippen molar-refractivity contribution >= 4 is 17.4 Å².